The Kier molecular flexibility index (Phi) is 6.13. The van der Waals surface area contributed by atoms with E-state index in [1.807, 2.05) is 55.5 Å². The molecule has 1 N–H and O–H groups in total. The first-order valence-corrected chi connectivity index (χ1v) is 11.6. The number of ketones is 1. The summed E-state index contributed by atoms with van der Waals surface area (Å²) in [5.41, 5.74) is 4.55. The summed E-state index contributed by atoms with van der Waals surface area (Å²) in [6, 6.07) is 18.0. The van der Waals surface area contributed by atoms with Gasteiger partial charge in [-0.05, 0) is 65.8 Å². The van der Waals surface area contributed by atoms with E-state index in [9.17, 15) is 14.7 Å². The molecule has 174 valence electrons. The van der Waals surface area contributed by atoms with E-state index in [0.717, 1.165) is 23.1 Å². The Balaban J connectivity index is 1.94. The molecule has 1 amide bonds. The Morgan fingerprint density at radius 1 is 1.03 bits per heavy atom. The molecule has 2 aromatic carbocycles. The number of rotatable bonds is 4. The molecule has 2 heterocycles. The predicted octanol–water partition coefficient (Wildman–Crippen LogP) is 5.88. The van der Waals surface area contributed by atoms with Crippen LogP contribution in [0.15, 0.2) is 72.4 Å². The Morgan fingerprint density at radius 3 is 2.32 bits per heavy atom. The fourth-order valence-corrected chi connectivity index (χ4v) is 4.30. The van der Waals surface area contributed by atoms with Gasteiger partial charge in [0.2, 0.25) is 0 Å². The topological polar surface area (TPSA) is 70.5 Å². The molecule has 1 aliphatic heterocycles. The Morgan fingerprint density at radius 2 is 1.74 bits per heavy atom. The number of aryl methyl sites for hydroxylation is 2. The van der Waals surface area contributed by atoms with Crippen LogP contribution in [0.25, 0.3) is 5.76 Å². The summed E-state index contributed by atoms with van der Waals surface area (Å²) in [7, 11) is 0. The average molecular weight is 455 g/mol. The molecule has 0 radical (unpaired) electrons. The molecule has 1 aromatic heterocycles. The zero-order chi connectivity index (χ0) is 24.6. The van der Waals surface area contributed by atoms with Crippen molar-refractivity contribution in [2.24, 2.45) is 0 Å². The molecular weight excluding hydrogens is 424 g/mol. The molecule has 3 aromatic rings. The first-order chi connectivity index (χ1) is 16.1. The van der Waals surface area contributed by atoms with Gasteiger partial charge in [-0.2, -0.15) is 0 Å². The van der Waals surface area contributed by atoms with E-state index in [0.29, 0.717) is 16.9 Å². The van der Waals surface area contributed by atoms with Crippen LogP contribution in [0.4, 0.5) is 5.69 Å². The maximum Gasteiger partial charge on any atom is 0.300 e. The highest BCUT2D eigenvalue weighted by molar-refractivity contribution is 6.51. The second kappa shape index (κ2) is 8.90. The van der Waals surface area contributed by atoms with Gasteiger partial charge in [-0.3, -0.25) is 19.5 Å². The highest BCUT2D eigenvalue weighted by Crippen LogP contribution is 2.42. The number of nitrogens with zero attached hydrogens (tertiary/aromatic N) is 2. The van der Waals surface area contributed by atoms with Crippen molar-refractivity contribution in [3.05, 3.63) is 100 Å². The molecule has 1 aliphatic rings. The number of aliphatic hydroxyl groups excluding tert-OH is 1. The van der Waals surface area contributed by atoms with Crippen molar-refractivity contribution in [3.63, 3.8) is 0 Å². The van der Waals surface area contributed by atoms with Gasteiger partial charge in [-0.25, -0.2) is 0 Å². The van der Waals surface area contributed by atoms with Crippen LogP contribution in [0.5, 0.6) is 0 Å². The van der Waals surface area contributed by atoms with Crippen molar-refractivity contribution in [1.29, 1.82) is 0 Å². The van der Waals surface area contributed by atoms with E-state index in [-0.39, 0.29) is 16.7 Å². The van der Waals surface area contributed by atoms with Crippen LogP contribution in [0.1, 0.15) is 61.7 Å². The molecule has 1 fully saturated rings. The maximum atomic E-state index is 13.4. The SMILES string of the molecule is CCc1ccc(N2C(=O)C(=O)/C(=C(/O)c3cc(C(C)(C)C)ccc3C)C2c2ccccn2)cc1. The Hall–Kier alpha value is -3.73. The number of hydrogen-bond acceptors (Lipinski definition) is 4. The van der Waals surface area contributed by atoms with E-state index in [1.54, 1.807) is 18.3 Å². The highest BCUT2D eigenvalue weighted by atomic mass is 16.3. The lowest BCUT2D eigenvalue weighted by Gasteiger charge is -2.25. The molecule has 1 saturated heterocycles. The van der Waals surface area contributed by atoms with Gasteiger partial charge in [-0.1, -0.05) is 58.0 Å². The average Bonchev–Trinajstić information content (AvgIpc) is 3.09. The molecular formula is C29H30N2O3. The fraction of sp³-hybridized carbons (Fsp3) is 0.276. The van der Waals surface area contributed by atoms with Gasteiger partial charge in [-0.15, -0.1) is 0 Å². The summed E-state index contributed by atoms with van der Waals surface area (Å²) in [4.78, 5) is 32.6. The Bertz CT molecular complexity index is 1270. The molecule has 34 heavy (non-hydrogen) atoms. The van der Waals surface area contributed by atoms with Crippen molar-refractivity contribution in [3.8, 4) is 0 Å². The minimum absolute atomic E-state index is 0.0532. The van der Waals surface area contributed by atoms with Gasteiger partial charge in [0.1, 0.15) is 11.8 Å². The van der Waals surface area contributed by atoms with Gasteiger partial charge >= 0.3 is 0 Å². The molecule has 5 heteroatoms. The van der Waals surface area contributed by atoms with Crippen molar-refractivity contribution in [1.82, 2.24) is 4.98 Å². The van der Waals surface area contributed by atoms with Crippen LogP contribution in [0, 0.1) is 6.92 Å². The number of benzene rings is 2. The quantitative estimate of drug-likeness (QED) is 0.304. The van der Waals surface area contributed by atoms with Gasteiger partial charge in [0.25, 0.3) is 11.7 Å². The zero-order valence-corrected chi connectivity index (χ0v) is 20.3. The third kappa shape index (κ3) is 4.14. The number of carbonyl (C=O) groups excluding carboxylic acids is 2. The molecule has 0 aliphatic carbocycles. The molecule has 1 unspecified atom stereocenters. The number of hydrogen-bond donors (Lipinski definition) is 1. The lowest BCUT2D eigenvalue weighted by molar-refractivity contribution is -0.132. The van der Waals surface area contributed by atoms with Crippen LogP contribution in [-0.4, -0.2) is 21.8 Å². The van der Waals surface area contributed by atoms with Crippen LogP contribution < -0.4 is 4.90 Å². The molecule has 0 spiro atoms. The standard InChI is InChI=1S/C29H30N2O3/c1-6-19-11-14-21(15-12-19)31-25(23-9-7-8-16-30-23)24(27(33)28(31)34)26(32)22-17-20(29(3,4)5)13-10-18(22)2/h7-17,25,32H,6H2,1-5H3/b26-24+. The number of aliphatic hydroxyl groups is 1. The second-order valence-corrected chi connectivity index (χ2v) is 9.72. The molecule has 4 rings (SSSR count). The summed E-state index contributed by atoms with van der Waals surface area (Å²) in [5, 5.41) is 11.5. The van der Waals surface area contributed by atoms with E-state index in [1.165, 1.54) is 4.90 Å². The molecule has 0 bridgehead atoms. The van der Waals surface area contributed by atoms with Crippen molar-refractivity contribution in [2.75, 3.05) is 4.90 Å². The minimum atomic E-state index is -0.827. The zero-order valence-electron chi connectivity index (χ0n) is 20.3. The summed E-state index contributed by atoms with van der Waals surface area (Å²) in [5.74, 6) is -1.57. The maximum absolute atomic E-state index is 13.4. The number of amides is 1. The number of pyridine rings is 1. The van der Waals surface area contributed by atoms with Gasteiger partial charge in [0.05, 0.1) is 11.3 Å². The predicted molar refractivity (Wildman–Crippen MR) is 135 cm³/mol. The molecule has 5 nitrogen and oxygen atoms in total. The first-order valence-electron chi connectivity index (χ1n) is 11.6. The highest BCUT2D eigenvalue weighted by Gasteiger charge is 2.47. The van der Waals surface area contributed by atoms with Crippen LogP contribution in [-0.2, 0) is 21.4 Å². The first kappa shape index (κ1) is 23.4. The number of aromatic nitrogens is 1. The molecule has 1 atom stereocenters. The number of anilines is 1. The molecule has 0 saturated carbocycles. The Labute approximate surface area is 200 Å². The normalized spacial score (nSPS) is 17.9. The van der Waals surface area contributed by atoms with E-state index in [2.05, 4.69) is 32.7 Å². The fourth-order valence-electron chi connectivity index (χ4n) is 4.30. The largest absolute Gasteiger partial charge is 0.507 e. The van der Waals surface area contributed by atoms with Crippen LogP contribution in [0.2, 0.25) is 0 Å². The summed E-state index contributed by atoms with van der Waals surface area (Å²) < 4.78 is 0. The van der Waals surface area contributed by atoms with E-state index < -0.39 is 17.7 Å². The van der Waals surface area contributed by atoms with Crippen molar-refractivity contribution in [2.45, 2.75) is 52.5 Å². The lowest BCUT2D eigenvalue weighted by Crippen LogP contribution is -2.29. The summed E-state index contributed by atoms with van der Waals surface area (Å²) in [6.07, 6.45) is 2.49. The third-order valence-electron chi connectivity index (χ3n) is 6.39. The summed E-state index contributed by atoms with van der Waals surface area (Å²) >= 11 is 0. The minimum Gasteiger partial charge on any atom is -0.507 e. The lowest BCUT2D eigenvalue weighted by atomic mass is 9.84. The van der Waals surface area contributed by atoms with Crippen molar-refractivity contribution >= 4 is 23.1 Å². The van der Waals surface area contributed by atoms with Crippen molar-refractivity contribution < 1.29 is 14.7 Å². The smallest absolute Gasteiger partial charge is 0.300 e. The number of carbonyl (C=O) groups is 2. The van der Waals surface area contributed by atoms with Gasteiger partial charge in [0, 0.05) is 17.4 Å². The van der Waals surface area contributed by atoms with Gasteiger partial charge < -0.3 is 5.11 Å². The monoisotopic (exact) mass is 454 g/mol. The van der Waals surface area contributed by atoms with E-state index in [4.69, 9.17) is 0 Å². The second-order valence-electron chi connectivity index (χ2n) is 9.72. The van der Waals surface area contributed by atoms with Crippen LogP contribution >= 0.6 is 0 Å². The van der Waals surface area contributed by atoms with E-state index >= 15 is 0 Å². The number of Topliss-reactive ketones (excluding diaryl/α,β-unsaturated/α-hetero) is 1. The van der Waals surface area contributed by atoms with Crippen LogP contribution in [0.3, 0.4) is 0 Å². The van der Waals surface area contributed by atoms with Gasteiger partial charge in [0.15, 0.2) is 0 Å². The summed E-state index contributed by atoms with van der Waals surface area (Å²) in [6.45, 7) is 10.2. The third-order valence-corrected chi connectivity index (χ3v) is 6.39.